The van der Waals surface area contributed by atoms with Crippen LogP contribution in [0, 0.1) is 11.7 Å². The number of halogens is 1. The van der Waals surface area contributed by atoms with Crippen LogP contribution < -0.4 is 10.1 Å². The molecular weight excluding hydrogens is 495 g/mol. The predicted octanol–water partition coefficient (Wildman–Crippen LogP) is 3.10. The van der Waals surface area contributed by atoms with Crippen molar-refractivity contribution in [2.75, 3.05) is 32.1 Å². The number of carbonyl (C=O) groups is 2. The lowest BCUT2D eigenvalue weighted by atomic mass is 9.84. The third-order valence-corrected chi connectivity index (χ3v) is 9.14. The van der Waals surface area contributed by atoms with Crippen molar-refractivity contribution in [1.82, 2.24) is 14.2 Å². The lowest BCUT2D eigenvalue weighted by molar-refractivity contribution is -0.142. The second kappa shape index (κ2) is 11.0. The highest BCUT2D eigenvalue weighted by Gasteiger charge is 2.39. The molecule has 2 aromatic rings. The molecule has 0 bridgehead atoms. The number of hydrogen-bond donors (Lipinski definition) is 1. The minimum Gasteiger partial charge on any atom is -0.494 e. The molecule has 1 aromatic carbocycles. The number of anilines is 1. The van der Waals surface area contributed by atoms with Crippen LogP contribution in [-0.2, 0) is 19.6 Å². The summed E-state index contributed by atoms with van der Waals surface area (Å²) in [4.78, 5) is 31.7. The summed E-state index contributed by atoms with van der Waals surface area (Å²) in [6.45, 7) is -0.339. The van der Waals surface area contributed by atoms with Gasteiger partial charge in [-0.05, 0) is 30.5 Å². The molecule has 0 spiro atoms. The molecule has 1 saturated heterocycles. The number of methoxy groups -OCH3 is 1. The number of rotatable bonds is 8. The Bertz CT molecular complexity index is 1150. The van der Waals surface area contributed by atoms with Crippen LogP contribution in [0.15, 0.2) is 34.7 Å². The van der Waals surface area contributed by atoms with E-state index >= 15 is 0 Å². The molecule has 2 heterocycles. The summed E-state index contributed by atoms with van der Waals surface area (Å²) in [7, 11) is -2.81. The third kappa shape index (κ3) is 5.81. The first-order chi connectivity index (χ1) is 16.8. The molecule has 1 aliphatic heterocycles. The minimum atomic E-state index is -4.10. The van der Waals surface area contributed by atoms with Crippen molar-refractivity contribution in [3.8, 4) is 5.75 Å². The highest BCUT2D eigenvalue weighted by Crippen LogP contribution is 2.30. The van der Waals surface area contributed by atoms with Crippen LogP contribution in [0.1, 0.15) is 38.5 Å². The molecule has 12 heteroatoms. The van der Waals surface area contributed by atoms with Gasteiger partial charge in [-0.1, -0.05) is 32.1 Å². The average Bonchev–Trinajstić information content (AvgIpc) is 3.36. The lowest BCUT2D eigenvalue weighted by Crippen LogP contribution is -2.58. The Labute approximate surface area is 208 Å². The number of sulfonamides is 1. The molecule has 1 N–H and O–H groups in total. The lowest BCUT2D eigenvalue weighted by Gasteiger charge is -2.39. The molecule has 9 nitrogen and oxygen atoms in total. The summed E-state index contributed by atoms with van der Waals surface area (Å²) < 4.78 is 46.2. The number of ether oxygens (including phenoxy) is 1. The molecule has 2 amide bonds. The van der Waals surface area contributed by atoms with Crippen molar-refractivity contribution in [2.24, 2.45) is 5.92 Å². The van der Waals surface area contributed by atoms with Crippen molar-refractivity contribution in [2.45, 2.75) is 49.5 Å². The molecule has 4 rings (SSSR count). The van der Waals surface area contributed by atoms with E-state index in [1.54, 1.807) is 11.6 Å². The van der Waals surface area contributed by atoms with E-state index < -0.39 is 34.3 Å². The van der Waals surface area contributed by atoms with E-state index in [2.05, 4.69) is 10.3 Å². The van der Waals surface area contributed by atoms with E-state index in [1.807, 2.05) is 0 Å². The number of thiazole rings is 1. The normalized spacial score (nSPS) is 18.9. The van der Waals surface area contributed by atoms with Gasteiger partial charge in [0.25, 0.3) is 0 Å². The molecule has 1 aromatic heterocycles. The van der Waals surface area contributed by atoms with Crippen LogP contribution in [0.5, 0.6) is 5.75 Å². The standard InChI is InChI=1S/C23H29FN4O5S2/c1-33-20-8-7-17(14-18(20)24)35(31,32)27-10-11-28(21(29)15-27)19(13-16-5-3-2-4-6-16)22(30)26-23-25-9-12-34-23/h7-9,12,14,16,19H,2-6,10-11,13,15H2,1H3,(H,25,26,30)/t19-/m0/s1. The molecular formula is C23H29FN4O5S2. The van der Waals surface area contributed by atoms with Gasteiger partial charge in [0, 0.05) is 24.7 Å². The van der Waals surface area contributed by atoms with E-state index in [1.165, 1.54) is 41.9 Å². The van der Waals surface area contributed by atoms with Gasteiger partial charge in [0.15, 0.2) is 16.7 Å². The number of benzene rings is 1. The third-order valence-electron chi connectivity index (χ3n) is 6.61. The molecule has 2 fully saturated rings. The largest absolute Gasteiger partial charge is 0.494 e. The maximum absolute atomic E-state index is 14.1. The fourth-order valence-electron chi connectivity index (χ4n) is 4.74. The van der Waals surface area contributed by atoms with Crippen molar-refractivity contribution in [3.63, 3.8) is 0 Å². The Morgan fingerprint density at radius 3 is 2.69 bits per heavy atom. The number of carbonyl (C=O) groups excluding carboxylic acids is 2. The van der Waals surface area contributed by atoms with E-state index in [0.29, 0.717) is 17.5 Å². The van der Waals surface area contributed by atoms with E-state index in [4.69, 9.17) is 4.74 Å². The Balaban J connectivity index is 1.50. The number of piperazine rings is 1. The minimum absolute atomic E-state index is 0.00736. The Kier molecular flexibility index (Phi) is 8.02. The molecule has 0 radical (unpaired) electrons. The van der Waals surface area contributed by atoms with Gasteiger partial charge in [-0.3, -0.25) is 9.59 Å². The highest BCUT2D eigenvalue weighted by molar-refractivity contribution is 7.89. The van der Waals surface area contributed by atoms with Gasteiger partial charge in [0.05, 0.1) is 18.6 Å². The smallest absolute Gasteiger partial charge is 0.248 e. The summed E-state index contributed by atoms with van der Waals surface area (Å²) in [6.07, 6.45) is 7.51. The molecule has 2 aliphatic rings. The monoisotopic (exact) mass is 524 g/mol. The van der Waals surface area contributed by atoms with Crippen molar-refractivity contribution in [3.05, 3.63) is 35.6 Å². The summed E-state index contributed by atoms with van der Waals surface area (Å²) in [5.41, 5.74) is 0. The van der Waals surface area contributed by atoms with Gasteiger partial charge >= 0.3 is 0 Å². The second-order valence-corrected chi connectivity index (χ2v) is 11.6. The zero-order valence-corrected chi connectivity index (χ0v) is 21.1. The van der Waals surface area contributed by atoms with E-state index in [9.17, 15) is 22.4 Å². The molecule has 1 saturated carbocycles. The van der Waals surface area contributed by atoms with E-state index in [-0.39, 0.29) is 29.6 Å². The SMILES string of the molecule is COc1ccc(S(=O)(=O)N2CCN([C@@H](CC3CCCCC3)C(=O)Nc3nccs3)C(=O)C2)cc1F. The first-order valence-corrected chi connectivity index (χ1v) is 13.9. The predicted molar refractivity (Wildman–Crippen MR) is 129 cm³/mol. The highest BCUT2D eigenvalue weighted by atomic mass is 32.2. The van der Waals surface area contributed by atoms with Crippen LogP contribution in [0.25, 0.3) is 0 Å². The molecule has 0 unspecified atom stereocenters. The zero-order chi connectivity index (χ0) is 25.0. The zero-order valence-electron chi connectivity index (χ0n) is 19.5. The quantitative estimate of drug-likeness (QED) is 0.569. The Hall–Kier alpha value is -2.57. The topological polar surface area (TPSA) is 109 Å². The first kappa shape index (κ1) is 25.5. The van der Waals surface area contributed by atoms with Crippen molar-refractivity contribution < 1.29 is 27.1 Å². The Morgan fingerprint density at radius 1 is 1.29 bits per heavy atom. The number of hydrogen-bond acceptors (Lipinski definition) is 7. The van der Waals surface area contributed by atoms with Gasteiger partial charge in [-0.15, -0.1) is 11.3 Å². The Morgan fingerprint density at radius 2 is 2.06 bits per heavy atom. The molecule has 1 atom stereocenters. The fourth-order valence-corrected chi connectivity index (χ4v) is 6.67. The fraction of sp³-hybridized carbons (Fsp3) is 0.522. The van der Waals surface area contributed by atoms with Crippen molar-refractivity contribution >= 4 is 38.3 Å². The van der Waals surface area contributed by atoms with E-state index in [0.717, 1.165) is 36.1 Å². The summed E-state index contributed by atoms with van der Waals surface area (Å²) in [5.74, 6) is -1.31. The first-order valence-electron chi connectivity index (χ1n) is 11.6. The molecule has 190 valence electrons. The summed E-state index contributed by atoms with van der Waals surface area (Å²) in [6, 6.07) is 2.67. The second-order valence-electron chi connectivity index (χ2n) is 8.80. The number of nitrogens with one attached hydrogen (secondary N) is 1. The van der Waals surface area contributed by atoms with Crippen LogP contribution >= 0.6 is 11.3 Å². The van der Waals surface area contributed by atoms with Crippen LogP contribution in [-0.4, -0.2) is 67.2 Å². The summed E-state index contributed by atoms with van der Waals surface area (Å²) in [5, 5.41) is 5.01. The van der Waals surface area contributed by atoms with Gasteiger partial charge in [-0.2, -0.15) is 4.31 Å². The van der Waals surface area contributed by atoms with Crippen LogP contribution in [0.3, 0.4) is 0 Å². The van der Waals surface area contributed by atoms with Crippen molar-refractivity contribution in [1.29, 1.82) is 0 Å². The summed E-state index contributed by atoms with van der Waals surface area (Å²) >= 11 is 1.29. The maximum Gasteiger partial charge on any atom is 0.248 e. The average molecular weight is 525 g/mol. The van der Waals surface area contributed by atoms with Gasteiger partial charge in [0.1, 0.15) is 6.04 Å². The van der Waals surface area contributed by atoms with Gasteiger partial charge in [-0.25, -0.2) is 17.8 Å². The number of aromatic nitrogens is 1. The maximum atomic E-state index is 14.1. The molecule has 35 heavy (non-hydrogen) atoms. The molecule has 1 aliphatic carbocycles. The van der Waals surface area contributed by atoms with Gasteiger partial charge in [0.2, 0.25) is 21.8 Å². The van der Waals surface area contributed by atoms with Gasteiger partial charge < -0.3 is 15.0 Å². The number of nitrogens with zero attached hydrogens (tertiary/aromatic N) is 3. The van der Waals surface area contributed by atoms with Crippen LogP contribution in [0.2, 0.25) is 0 Å². The number of amides is 2. The van der Waals surface area contributed by atoms with Crippen LogP contribution in [0.4, 0.5) is 9.52 Å².